The number of fused-ring (bicyclic) bond motifs is 1. The molecular formula is C21H22N4O4. The molecule has 0 saturated carbocycles. The average Bonchev–Trinajstić information content (AvgIpc) is 3.00. The molecule has 3 aromatic rings. The van der Waals surface area contributed by atoms with E-state index in [9.17, 15) is 14.4 Å². The van der Waals surface area contributed by atoms with Gasteiger partial charge in [0.05, 0.1) is 16.6 Å². The highest BCUT2D eigenvalue weighted by atomic mass is 16.5. The zero-order valence-corrected chi connectivity index (χ0v) is 16.4. The van der Waals surface area contributed by atoms with Crippen molar-refractivity contribution >= 4 is 28.9 Å². The second-order valence-corrected chi connectivity index (χ2v) is 6.79. The summed E-state index contributed by atoms with van der Waals surface area (Å²) in [5, 5.41) is 4.61. The topological polar surface area (TPSA) is 102 Å². The first-order chi connectivity index (χ1) is 13.8. The van der Waals surface area contributed by atoms with Gasteiger partial charge in [0.2, 0.25) is 0 Å². The van der Waals surface area contributed by atoms with Crippen LogP contribution in [0, 0.1) is 6.92 Å². The van der Waals surface area contributed by atoms with Gasteiger partial charge < -0.3 is 10.1 Å². The summed E-state index contributed by atoms with van der Waals surface area (Å²) in [6.45, 7) is 4.86. The van der Waals surface area contributed by atoms with Crippen LogP contribution < -0.4 is 10.6 Å². The molecule has 0 unspecified atom stereocenters. The van der Waals surface area contributed by atoms with Gasteiger partial charge in [0.15, 0.2) is 6.61 Å². The van der Waals surface area contributed by atoms with Crippen LogP contribution in [0.5, 0.6) is 0 Å². The fourth-order valence-corrected chi connectivity index (χ4v) is 2.91. The molecule has 150 valence electrons. The van der Waals surface area contributed by atoms with Gasteiger partial charge in [-0.3, -0.25) is 14.7 Å². The molecule has 0 spiro atoms. The maximum absolute atomic E-state index is 12.3. The molecule has 1 aromatic heterocycles. The third-order valence-corrected chi connectivity index (χ3v) is 4.08. The van der Waals surface area contributed by atoms with Crippen LogP contribution in [-0.2, 0) is 9.53 Å². The van der Waals surface area contributed by atoms with Gasteiger partial charge in [-0.1, -0.05) is 18.2 Å². The normalized spacial score (nSPS) is 10.8. The molecule has 0 saturated heterocycles. The van der Waals surface area contributed by atoms with E-state index in [1.54, 1.807) is 32.0 Å². The molecule has 3 rings (SSSR count). The van der Waals surface area contributed by atoms with E-state index in [4.69, 9.17) is 4.74 Å². The van der Waals surface area contributed by atoms with Crippen molar-refractivity contribution in [3.05, 3.63) is 59.9 Å². The predicted octanol–water partition coefficient (Wildman–Crippen LogP) is 2.72. The number of carbonyl (C=O) groups excluding carboxylic acids is 3. The number of imide groups is 1. The summed E-state index contributed by atoms with van der Waals surface area (Å²) in [5.74, 6) is -0.590. The Bertz CT molecular complexity index is 1060. The number of para-hydroxylation sites is 1. The molecule has 3 amide bonds. The van der Waals surface area contributed by atoms with Gasteiger partial charge in [-0.25, -0.2) is 14.6 Å². The lowest BCUT2D eigenvalue weighted by molar-refractivity contribution is -0.123. The number of esters is 1. The Labute approximate surface area is 167 Å². The summed E-state index contributed by atoms with van der Waals surface area (Å²) >= 11 is 0. The third-order valence-electron chi connectivity index (χ3n) is 4.08. The SMILES string of the molecule is Cc1nc2cc(C(=O)OCC(=O)NC(=O)NC(C)C)ccc2n1-c1ccccc1. The van der Waals surface area contributed by atoms with E-state index in [1.807, 2.05) is 41.8 Å². The summed E-state index contributed by atoms with van der Waals surface area (Å²) in [6.07, 6.45) is 0. The van der Waals surface area contributed by atoms with E-state index in [0.717, 1.165) is 17.0 Å². The van der Waals surface area contributed by atoms with Gasteiger partial charge in [-0.2, -0.15) is 0 Å². The van der Waals surface area contributed by atoms with Crippen molar-refractivity contribution in [2.75, 3.05) is 6.61 Å². The molecule has 0 radical (unpaired) electrons. The van der Waals surface area contributed by atoms with Crippen molar-refractivity contribution in [2.45, 2.75) is 26.8 Å². The van der Waals surface area contributed by atoms with Gasteiger partial charge >= 0.3 is 12.0 Å². The molecule has 2 N–H and O–H groups in total. The zero-order valence-electron chi connectivity index (χ0n) is 16.4. The van der Waals surface area contributed by atoms with Crippen LogP contribution in [0.1, 0.15) is 30.0 Å². The van der Waals surface area contributed by atoms with Crippen LogP contribution in [0.3, 0.4) is 0 Å². The van der Waals surface area contributed by atoms with Gasteiger partial charge in [0.25, 0.3) is 5.91 Å². The lowest BCUT2D eigenvalue weighted by Gasteiger charge is -2.09. The summed E-state index contributed by atoms with van der Waals surface area (Å²) in [7, 11) is 0. The summed E-state index contributed by atoms with van der Waals surface area (Å²) in [6, 6.07) is 14.1. The predicted molar refractivity (Wildman–Crippen MR) is 108 cm³/mol. The van der Waals surface area contributed by atoms with E-state index in [0.29, 0.717) is 5.52 Å². The van der Waals surface area contributed by atoms with E-state index < -0.39 is 24.5 Å². The van der Waals surface area contributed by atoms with Gasteiger partial charge in [-0.05, 0) is 51.1 Å². The monoisotopic (exact) mass is 394 g/mol. The molecule has 29 heavy (non-hydrogen) atoms. The first-order valence-corrected chi connectivity index (χ1v) is 9.17. The van der Waals surface area contributed by atoms with Crippen LogP contribution in [0.15, 0.2) is 48.5 Å². The molecule has 0 aliphatic rings. The second-order valence-electron chi connectivity index (χ2n) is 6.79. The minimum Gasteiger partial charge on any atom is -0.452 e. The molecule has 0 bridgehead atoms. The summed E-state index contributed by atoms with van der Waals surface area (Å²) in [4.78, 5) is 40.0. The highest BCUT2D eigenvalue weighted by Gasteiger charge is 2.15. The fourth-order valence-electron chi connectivity index (χ4n) is 2.91. The molecule has 2 aromatic carbocycles. The van der Waals surface area contributed by atoms with E-state index in [-0.39, 0.29) is 11.6 Å². The van der Waals surface area contributed by atoms with E-state index in [1.165, 1.54) is 0 Å². The molecule has 0 atom stereocenters. The zero-order chi connectivity index (χ0) is 21.0. The van der Waals surface area contributed by atoms with Crippen LogP contribution in [0.25, 0.3) is 16.7 Å². The standard InChI is InChI=1S/C21H22N4O4/c1-13(2)22-21(28)24-19(26)12-29-20(27)15-9-10-18-17(11-15)23-14(3)25(18)16-7-5-4-6-8-16/h4-11,13H,12H2,1-3H3,(H2,22,24,26,28). The molecule has 0 aliphatic carbocycles. The number of rotatable bonds is 5. The Kier molecular flexibility index (Phi) is 5.92. The molecule has 8 nitrogen and oxygen atoms in total. The largest absolute Gasteiger partial charge is 0.452 e. The number of ether oxygens (including phenoxy) is 1. The number of hydrogen-bond donors (Lipinski definition) is 2. The Morgan fingerprint density at radius 2 is 1.83 bits per heavy atom. The minimum absolute atomic E-state index is 0.115. The third kappa shape index (κ3) is 4.78. The molecular weight excluding hydrogens is 372 g/mol. The Morgan fingerprint density at radius 3 is 2.52 bits per heavy atom. The number of urea groups is 1. The Hall–Kier alpha value is -3.68. The fraction of sp³-hybridized carbons (Fsp3) is 0.238. The van der Waals surface area contributed by atoms with E-state index >= 15 is 0 Å². The molecule has 0 aliphatic heterocycles. The van der Waals surface area contributed by atoms with Gasteiger partial charge in [0.1, 0.15) is 5.82 Å². The van der Waals surface area contributed by atoms with Crippen LogP contribution >= 0.6 is 0 Å². The first kappa shape index (κ1) is 20.1. The van der Waals surface area contributed by atoms with Crippen LogP contribution in [-0.4, -0.2) is 40.1 Å². The van der Waals surface area contributed by atoms with Crippen molar-refractivity contribution in [3.63, 3.8) is 0 Å². The Morgan fingerprint density at radius 1 is 1.10 bits per heavy atom. The van der Waals surface area contributed by atoms with Crippen molar-refractivity contribution in [1.29, 1.82) is 0 Å². The second kappa shape index (κ2) is 8.55. The maximum Gasteiger partial charge on any atom is 0.338 e. The smallest absolute Gasteiger partial charge is 0.338 e. The van der Waals surface area contributed by atoms with Crippen molar-refractivity contribution < 1.29 is 19.1 Å². The van der Waals surface area contributed by atoms with Crippen molar-refractivity contribution in [1.82, 2.24) is 20.2 Å². The lowest BCUT2D eigenvalue weighted by Crippen LogP contribution is -2.44. The quantitative estimate of drug-likeness (QED) is 0.648. The maximum atomic E-state index is 12.3. The minimum atomic E-state index is -0.707. The number of nitrogens with zero attached hydrogens (tertiary/aromatic N) is 2. The number of amides is 3. The lowest BCUT2D eigenvalue weighted by atomic mass is 10.2. The van der Waals surface area contributed by atoms with Gasteiger partial charge in [0, 0.05) is 11.7 Å². The summed E-state index contributed by atoms with van der Waals surface area (Å²) < 4.78 is 6.99. The van der Waals surface area contributed by atoms with E-state index in [2.05, 4.69) is 15.6 Å². The number of benzene rings is 2. The highest BCUT2D eigenvalue weighted by Crippen LogP contribution is 2.22. The number of aromatic nitrogens is 2. The van der Waals surface area contributed by atoms with Gasteiger partial charge in [-0.15, -0.1) is 0 Å². The first-order valence-electron chi connectivity index (χ1n) is 9.17. The number of aryl methyl sites for hydroxylation is 1. The molecule has 1 heterocycles. The number of imidazole rings is 1. The highest BCUT2D eigenvalue weighted by molar-refractivity contribution is 5.98. The average molecular weight is 394 g/mol. The van der Waals surface area contributed by atoms with Crippen LogP contribution in [0.2, 0.25) is 0 Å². The van der Waals surface area contributed by atoms with Crippen molar-refractivity contribution in [3.8, 4) is 5.69 Å². The Balaban J connectivity index is 1.70. The van der Waals surface area contributed by atoms with Crippen LogP contribution in [0.4, 0.5) is 4.79 Å². The number of hydrogen-bond acceptors (Lipinski definition) is 5. The number of nitrogens with one attached hydrogen (secondary N) is 2. The molecule has 8 heteroatoms. The molecule has 0 fully saturated rings. The van der Waals surface area contributed by atoms with Crippen molar-refractivity contribution in [2.24, 2.45) is 0 Å². The summed E-state index contributed by atoms with van der Waals surface area (Å²) in [5.41, 5.74) is 2.74. The number of carbonyl (C=O) groups is 3.